The molecule has 65 heavy (non-hydrogen) atoms. The minimum absolute atomic E-state index is 0. The Morgan fingerprint density at radius 3 is 1.74 bits per heavy atom. The van der Waals surface area contributed by atoms with E-state index in [1.807, 2.05) is 32.9 Å². The molecule has 5 rings (SSSR count). The van der Waals surface area contributed by atoms with Gasteiger partial charge in [0.2, 0.25) is 0 Å². The SMILES string of the molecule is CCC1=C(C)C2=CC3=NC(=CC4=NC(=C(CCC(=O)O)C4=C[O-])C=c4[n-]c(c(C)c4CCC(=O)O)=CC1=N2)C(C)=C3[C@@H](O)CCCC(C)CCCC(C)CCCC(C)CCCC(C)C.[Fe+2]. The number of aliphatic imine (C=N–C) groups is 3. The van der Waals surface area contributed by atoms with E-state index < -0.39 is 18.0 Å². The molecule has 4 aliphatic rings. The normalized spacial score (nSPS) is 18.4. The third kappa shape index (κ3) is 14.3. The summed E-state index contributed by atoms with van der Waals surface area (Å²) in [5, 5.41) is 45.3. The van der Waals surface area contributed by atoms with Gasteiger partial charge in [-0.1, -0.05) is 135 Å². The minimum atomic E-state index is -1.01. The number of aromatic nitrogens is 1. The smallest absolute Gasteiger partial charge is 0.877 e. The molecule has 5 heterocycles. The third-order valence-electron chi connectivity index (χ3n) is 13.7. The molecular weight excluding hydrogens is 856 g/mol. The molecule has 0 radical (unpaired) electrons. The second kappa shape index (κ2) is 25.0. The van der Waals surface area contributed by atoms with Crippen LogP contribution in [0, 0.1) is 30.6 Å². The maximum absolute atomic E-state index is 12.8. The second-order valence-electron chi connectivity index (χ2n) is 19.5. The van der Waals surface area contributed by atoms with Crippen molar-refractivity contribution >= 4 is 41.2 Å². The number of carboxylic acid groups (broad SMARTS) is 2. The van der Waals surface area contributed by atoms with Gasteiger partial charge in [-0.25, -0.2) is 15.0 Å². The zero-order valence-corrected chi connectivity index (χ0v) is 41.6. The number of hydrogen-bond donors (Lipinski definition) is 3. The third-order valence-corrected chi connectivity index (χ3v) is 13.7. The number of aliphatic carboxylic acids is 2. The molecular formula is C54H74FeN4O6. The van der Waals surface area contributed by atoms with Crippen molar-refractivity contribution in [1.82, 2.24) is 4.98 Å². The van der Waals surface area contributed by atoms with Gasteiger partial charge in [0, 0.05) is 18.4 Å². The molecule has 0 aromatic carbocycles. The topological polar surface area (TPSA) is 169 Å². The molecule has 0 aliphatic carbocycles. The van der Waals surface area contributed by atoms with Crippen LogP contribution in [-0.2, 0) is 33.1 Å². The van der Waals surface area contributed by atoms with E-state index in [4.69, 9.17) is 20.0 Å². The minimum Gasteiger partial charge on any atom is -0.877 e. The van der Waals surface area contributed by atoms with Gasteiger partial charge in [0.15, 0.2) is 0 Å². The first kappa shape index (κ1) is 53.3. The van der Waals surface area contributed by atoms with Crippen LogP contribution in [0.25, 0.3) is 12.2 Å². The van der Waals surface area contributed by atoms with Gasteiger partial charge in [0.25, 0.3) is 0 Å². The molecule has 0 spiro atoms. The fourth-order valence-corrected chi connectivity index (χ4v) is 9.71. The molecule has 8 bridgehead atoms. The number of carbonyl (C=O) groups is 2. The molecule has 0 amide bonds. The van der Waals surface area contributed by atoms with Gasteiger partial charge in [-0.3, -0.25) is 9.59 Å². The first-order valence-corrected chi connectivity index (χ1v) is 24.2. The van der Waals surface area contributed by atoms with Crippen molar-refractivity contribution in [2.24, 2.45) is 38.6 Å². The maximum Gasteiger partial charge on any atom is 2.00 e. The molecule has 4 atom stereocenters. The summed E-state index contributed by atoms with van der Waals surface area (Å²) >= 11 is 0. The molecule has 10 nitrogen and oxygen atoms in total. The summed E-state index contributed by atoms with van der Waals surface area (Å²) < 4.78 is 0. The van der Waals surface area contributed by atoms with Crippen LogP contribution in [0.15, 0.2) is 83.9 Å². The number of allylic oxidation sites excluding steroid dienone is 8. The van der Waals surface area contributed by atoms with Crippen LogP contribution >= 0.6 is 0 Å². The molecule has 3 unspecified atom stereocenters. The monoisotopic (exact) mass is 930 g/mol. The molecule has 3 N–H and O–H groups in total. The number of fused-ring (bicyclic) bond motifs is 5. The van der Waals surface area contributed by atoms with E-state index in [1.54, 1.807) is 12.2 Å². The Kier molecular flexibility index (Phi) is 20.5. The number of nitrogens with zero attached hydrogens (tertiary/aromatic N) is 4. The van der Waals surface area contributed by atoms with E-state index >= 15 is 0 Å². The van der Waals surface area contributed by atoms with E-state index in [9.17, 15) is 30.0 Å². The fraction of sp³-hybridized carbons (Fsp3) is 0.574. The van der Waals surface area contributed by atoms with Crippen molar-refractivity contribution in [2.45, 2.75) is 178 Å². The predicted molar refractivity (Wildman–Crippen MR) is 259 cm³/mol. The summed E-state index contributed by atoms with van der Waals surface area (Å²) in [4.78, 5) is 43.6. The standard InChI is InChI=1S/C54H76N4O6.Fe/c1-10-39-36(7)44-29-50-54(51(60)22-14-21-35(6)20-13-19-34(5)18-12-17-33(4)16-11-15-32(2)3)38(9)45(57-50)28-49-42(31-59)41(24-26-53(63)64)48(58-49)30-47-40(23-25-52(61)62)37(8)43(56-47)27-46(39)55-44;/h27-35,51,60H,10-26H2,1-9H3,(H4,55,56,57,58,59,61,62,63,64);/q;+2/p-2/t33?,34?,35?,51-;/m0./s1. The zero-order valence-electron chi connectivity index (χ0n) is 40.5. The van der Waals surface area contributed by atoms with E-state index in [0.717, 1.165) is 81.8 Å². The molecule has 1 aromatic rings. The van der Waals surface area contributed by atoms with Gasteiger partial charge in [-0.15, -0.1) is 17.0 Å². The van der Waals surface area contributed by atoms with Gasteiger partial charge in [0.05, 0.1) is 40.3 Å². The van der Waals surface area contributed by atoms with Crippen molar-refractivity contribution in [3.05, 3.63) is 90.8 Å². The van der Waals surface area contributed by atoms with Gasteiger partial charge < -0.3 is 25.4 Å². The molecule has 4 aliphatic heterocycles. The second-order valence-corrected chi connectivity index (χ2v) is 19.5. The molecule has 0 fully saturated rings. The van der Waals surface area contributed by atoms with Gasteiger partial charge in [-0.05, 0) is 110 Å². The Bertz CT molecular complexity index is 2330. The zero-order chi connectivity index (χ0) is 46.7. The van der Waals surface area contributed by atoms with Gasteiger partial charge >= 0.3 is 29.0 Å². The molecule has 11 heteroatoms. The van der Waals surface area contributed by atoms with Crippen LogP contribution in [0.4, 0.5) is 0 Å². The Labute approximate surface area is 398 Å². The van der Waals surface area contributed by atoms with E-state index in [0.29, 0.717) is 57.7 Å². The molecule has 0 saturated heterocycles. The van der Waals surface area contributed by atoms with Crippen LogP contribution in [-0.4, -0.2) is 50.5 Å². The quantitative estimate of drug-likeness (QED) is 0.0685. The van der Waals surface area contributed by atoms with Crippen molar-refractivity contribution < 1.29 is 47.1 Å². The summed E-state index contributed by atoms with van der Waals surface area (Å²) in [5.74, 6) is 0.993. The number of aliphatic hydroxyl groups is 1. The first-order chi connectivity index (χ1) is 30.5. The number of hydrogen-bond acceptors (Lipinski definition) is 7. The van der Waals surface area contributed by atoms with Crippen LogP contribution < -0.4 is 20.8 Å². The predicted octanol–water partition coefficient (Wildman–Crippen LogP) is 9.69. The summed E-state index contributed by atoms with van der Waals surface area (Å²) in [7, 11) is 0. The van der Waals surface area contributed by atoms with Crippen LogP contribution in [0.1, 0.15) is 169 Å². The van der Waals surface area contributed by atoms with Crippen LogP contribution in [0.3, 0.4) is 0 Å². The number of carboxylic acids is 2. The largest absolute Gasteiger partial charge is 2.00 e. The van der Waals surface area contributed by atoms with E-state index in [2.05, 4.69) is 41.5 Å². The average molecular weight is 931 g/mol. The maximum atomic E-state index is 12.8. The van der Waals surface area contributed by atoms with Crippen LogP contribution in [0.5, 0.6) is 0 Å². The fourth-order valence-electron chi connectivity index (χ4n) is 9.71. The van der Waals surface area contributed by atoms with Crippen molar-refractivity contribution in [3.8, 4) is 0 Å². The number of aliphatic hydroxyl groups excluding tert-OH is 1. The van der Waals surface area contributed by atoms with E-state index in [-0.39, 0.29) is 48.3 Å². The Morgan fingerprint density at radius 1 is 0.662 bits per heavy atom. The Balaban J connectivity index is 0.00000925. The average Bonchev–Trinajstić information content (AvgIpc) is 3.91. The summed E-state index contributed by atoms with van der Waals surface area (Å²) in [6.45, 7) is 19.8. The van der Waals surface area contributed by atoms with Crippen molar-refractivity contribution in [3.63, 3.8) is 0 Å². The van der Waals surface area contributed by atoms with Gasteiger partial charge in [-0.2, -0.15) is 0 Å². The molecule has 354 valence electrons. The molecule has 0 saturated carbocycles. The number of rotatable bonds is 24. The summed E-state index contributed by atoms with van der Waals surface area (Å²) in [6, 6.07) is 0. The summed E-state index contributed by atoms with van der Waals surface area (Å²) in [5.41, 5.74) is 9.33. The van der Waals surface area contributed by atoms with Gasteiger partial charge in [0.1, 0.15) is 0 Å². The Hall–Kier alpha value is -4.31. The summed E-state index contributed by atoms with van der Waals surface area (Å²) in [6.07, 6.45) is 22.2. The van der Waals surface area contributed by atoms with Crippen LogP contribution in [0.2, 0.25) is 0 Å². The molecule has 1 aromatic heterocycles. The van der Waals surface area contributed by atoms with Crippen molar-refractivity contribution in [1.29, 1.82) is 0 Å². The first-order valence-electron chi connectivity index (χ1n) is 24.2. The van der Waals surface area contributed by atoms with E-state index in [1.165, 1.54) is 57.8 Å². The Morgan fingerprint density at radius 2 is 1.18 bits per heavy atom. The van der Waals surface area contributed by atoms with Crippen molar-refractivity contribution in [2.75, 3.05) is 0 Å².